The maximum absolute atomic E-state index is 2.20. The molecular weight excluding hydrogens is 232 g/mol. The molecule has 2 heteroatoms. The van der Waals surface area contributed by atoms with Gasteiger partial charge in [-0.2, -0.15) is 11.8 Å². The van der Waals surface area contributed by atoms with Crippen molar-refractivity contribution in [1.29, 1.82) is 0 Å². The van der Waals surface area contributed by atoms with Crippen LogP contribution in [-0.4, -0.2) is 11.0 Å². The molecule has 2 saturated carbocycles. The fourth-order valence-electron chi connectivity index (χ4n) is 1.16. The molecule has 3 rings (SSSR count). The first-order valence-electron chi connectivity index (χ1n) is 4.47. The van der Waals surface area contributed by atoms with Crippen molar-refractivity contribution < 1.29 is 17.1 Å². The summed E-state index contributed by atoms with van der Waals surface area (Å²) in [6.45, 7) is 0. The Balaban J connectivity index is 0.000000144. The van der Waals surface area contributed by atoms with Crippen LogP contribution in [0.1, 0.15) is 0 Å². The van der Waals surface area contributed by atoms with Crippen LogP contribution >= 0.6 is 11.8 Å². The molecule has 1 atom stereocenters. The van der Waals surface area contributed by atoms with Crippen LogP contribution < -0.4 is 0 Å². The number of thioether (sulfide) groups is 1. The number of rotatable bonds is 1. The zero-order valence-electron chi connectivity index (χ0n) is 7.74. The first-order valence-corrected chi connectivity index (χ1v) is 5.51. The molecular formula is C12H12FeS. The van der Waals surface area contributed by atoms with Gasteiger partial charge in [0.2, 0.25) is 0 Å². The van der Waals surface area contributed by atoms with E-state index in [4.69, 9.17) is 0 Å². The van der Waals surface area contributed by atoms with E-state index in [0.29, 0.717) is 0 Å². The van der Waals surface area contributed by atoms with Gasteiger partial charge in [-0.15, -0.1) is 0 Å². The summed E-state index contributed by atoms with van der Waals surface area (Å²) in [6.07, 6.45) is 18.6. The molecule has 0 nitrogen and oxygen atoms in total. The van der Waals surface area contributed by atoms with Gasteiger partial charge >= 0.3 is 0 Å². The van der Waals surface area contributed by atoms with Crippen molar-refractivity contribution in [2.24, 2.45) is 0 Å². The van der Waals surface area contributed by atoms with E-state index in [9.17, 15) is 0 Å². The summed E-state index contributed by atoms with van der Waals surface area (Å²) in [6, 6.07) is 0. The minimum Gasteiger partial charge on any atom is -0.156 e. The molecule has 1 aliphatic heterocycles. The van der Waals surface area contributed by atoms with Crippen LogP contribution in [0.25, 0.3) is 0 Å². The van der Waals surface area contributed by atoms with Gasteiger partial charge in [0.15, 0.2) is 0 Å². The average molecular weight is 244 g/mol. The van der Waals surface area contributed by atoms with E-state index in [1.807, 2.05) is 43.9 Å². The smallest absolute Gasteiger partial charge is 0.0206 e. The molecule has 3 fully saturated rings. The second kappa shape index (κ2) is 7.19. The molecule has 0 N–H and O–H groups in total. The Morgan fingerprint density at radius 1 is 0.857 bits per heavy atom. The molecule has 0 aromatic carbocycles. The van der Waals surface area contributed by atoms with Crippen molar-refractivity contribution in [2.75, 3.05) is 5.75 Å². The van der Waals surface area contributed by atoms with Gasteiger partial charge in [0.25, 0.3) is 0 Å². The Morgan fingerprint density at radius 3 is 1.64 bits per heavy atom. The second-order valence-electron chi connectivity index (χ2n) is 3.00. The van der Waals surface area contributed by atoms with Crippen LogP contribution in [0.4, 0.5) is 0 Å². The normalized spacial score (nSPS) is 30.4. The molecule has 14 heavy (non-hydrogen) atoms. The molecule has 74 valence electrons. The largest absolute Gasteiger partial charge is 0.156 e. The van der Waals surface area contributed by atoms with Crippen LogP contribution in [0.3, 0.4) is 0 Å². The molecule has 0 amide bonds. The van der Waals surface area contributed by atoms with Crippen molar-refractivity contribution in [2.45, 2.75) is 5.25 Å². The number of hydrogen-bond donors (Lipinski definition) is 0. The maximum Gasteiger partial charge on any atom is 0.0206 e. The van der Waals surface area contributed by atoms with E-state index in [1.54, 1.807) is 0 Å². The van der Waals surface area contributed by atoms with Crippen molar-refractivity contribution in [1.82, 2.24) is 0 Å². The summed E-state index contributed by atoms with van der Waals surface area (Å²) in [7, 11) is 0. The van der Waals surface area contributed by atoms with Gasteiger partial charge in [-0.3, -0.25) is 0 Å². The molecule has 10 radical (unpaired) electrons. The Labute approximate surface area is 103 Å². The van der Waals surface area contributed by atoms with E-state index in [1.165, 1.54) is 11.7 Å². The van der Waals surface area contributed by atoms with Gasteiger partial charge in [-0.1, -0.05) is 0 Å². The Bertz CT molecular complexity index is 128. The van der Waals surface area contributed by atoms with Crippen LogP contribution in [0.15, 0.2) is 0 Å². The Hall–Kier alpha value is 0.869. The summed E-state index contributed by atoms with van der Waals surface area (Å²) in [4.78, 5) is 0. The van der Waals surface area contributed by atoms with Crippen LogP contribution in [-0.2, 0) is 17.1 Å². The standard InChI is InChI=1S/C7H7S.C5H5.Fe/c1-2-4-6(3-1)7-5-8-7;1-2-4-5-3-1;/h1-4,7H,5H2;1-5H;. The second-order valence-corrected chi connectivity index (χ2v) is 4.24. The van der Waals surface area contributed by atoms with Gasteiger partial charge in [0.1, 0.15) is 0 Å². The van der Waals surface area contributed by atoms with Crippen molar-refractivity contribution in [3.05, 3.63) is 63.7 Å². The van der Waals surface area contributed by atoms with E-state index >= 15 is 0 Å². The molecule has 0 aromatic rings. The summed E-state index contributed by atoms with van der Waals surface area (Å²) < 4.78 is 0. The monoisotopic (exact) mass is 244 g/mol. The molecule has 1 heterocycles. The van der Waals surface area contributed by atoms with Crippen molar-refractivity contribution in [3.8, 4) is 0 Å². The fraction of sp³-hybridized carbons (Fsp3) is 0.167. The molecule has 1 saturated heterocycles. The van der Waals surface area contributed by atoms with E-state index < -0.39 is 0 Å². The molecule has 0 bridgehead atoms. The minimum atomic E-state index is 0. The molecule has 2 aliphatic carbocycles. The van der Waals surface area contributed by atoms with E-state index in [0.717, 1.165) is 5.25 Å². The zero-order chi connectivity index (χ0) is 8.93. The van der Waals surface area contributed by atoms with E-state index in [-0.39, 0.29) is 17.1 Å². The summed E-state index contributed by atoms with van der Waals surface area (Å²) in [5, 5.41) is 0.852. The first-order chi connectivity index (χ1) is 6.47. The van der Waals surface area contributed by atoms with Gasteiger partial charge in [0, 0.05) is 28.1 Å². The van der Waals surface area contributed by atoms with E-state index in [2.05, 4.69) is 25.7 Å². The Morgan fingerprint density at radius 2 is 1.29 bits per heavy atom. The molecule has 0 aromatic heterocycles. The van der Waals surface area contributed by atoms with Gasteiger partial charge in [-0.25, -0.2) is 0 Å². The minimum absolute atomic E-state index is 0. The van der Waals surface area contributed by atoms with Gasteiger partial charge in [-0.05, 0) is 63.7 Å². The summed E-state index contributed by atoms with van der Waals surface area (Å²) >= 11 is 2.03. The van der Waals surface area contributed by atoms with Crippen molar-refractivity contribution in [3.63, 3.8) is 0 Å². The quantitative estimate of drug-likeness (QED) is 0.504. The Kier molecular flexibility index (Phi) is 6.65. The maximum atomic E-state index is 2.20. The summed E-state index contributed by atoms with van der Waals surface area (Å²) in [5.41, 5.74) is 0. The zero-order valence-corrected chi connectivity index (χ0v) is 9.66. The number of hydrogen-bond acceptors (Lipinski definition) is 1. The van der Waals surface area contributed by atoms with Crippen LogP contribution in [0, 0.1) is 63.7 Å². The van der Waals surface area contributed by atoms with Gasteiger partial charge in [0.05, 0.1) is 0 Å². The fourth-order valence-corrected chi connectivity index (χ4v) is 1.80. The molecule has 1 unspecified atom stereocenters. The first kappa shape index (κ1) is 12.9. The topological polar surface area (TPSA) is 0 Å². The van der Waals surface area contributed by atoms with Crippen molar-refractivity contribution >= 4 is 11.8 Å². The molecule has 0 spiro atoms. The predicted octanol–water partition coefficient (Wildman–Crippen LogP) is 2.53. The SMILES string of the molecule is [CH]1[CH][CH][CH][CH]1.[CH]1[CH][CH][C](C2CS2)[CH]1.[Fe]. The van der Waals surface area contributed by atoms with Crippen LogP contribution in [0.2, 0.25) is 0 Å². The van der Waals surface area contributed by atoms with Crippen LogP contribution in [0.5, 0.6) is 0 Å². The van der Waals surface area contributed by atoms with Gasteiger partial charge < -0.3 is 0 Å². The third-order valence-corrected chi connectivity index (χ3v) is 2.89. The average Bonchev–Trinajstić information content (AvgIpc) is 2.75. The predicted molar refractivity (Wildman–Crippen MR) is 58.2 cm³/mol. The summed E-state index contributed by atoms with van der Waals surface area (Å²) in [5.74, 6) is 2.85. The molecule has 3 aliphatic rings. The third kappa shape index (κ3) is 4.59. The third-order valence-electron chi connectivity index (χ3n) is 1.95.